The van der Waals surface area contributed by atoms with Crippen LogP contribution in [-0.2, 0) is 14.6 Å². The standard InChI is InChI=1S/C25H54N.CH4O4S/c1-5-8-11-14-17-20-23-26(4,24-21-18-15-12-9-6-2)25-22-19-16-13-10-7-3;1-5-6(2,3)4/h5-25H2,1-4H3;1H3,(H,2,3,4)/q+1;. The zero-order valence-corrected chi connectivity index (χ0v) is 23.2. The first-order chi connectivity index (χ1) is 15.2. The lowest BCUT2D eigenvalue weighted by Crippen LogP contribution is -2.46. The van der Waals surface area contributed by atoms with Crippen molar-refractivity contribution < 1.29 is 21.6 Å². The summed E-state index contributed by atoms with van der Waals surface area (Å²) in [5.74, 6) is 0. The highest BCUT2D eigenvalue weighted by Gasteiger charge is 2.20. The van der Waals surface area contributed by atoms with E-state index in [1.807, 2.05) is 0 Å². The normalized spacial score (nSPS) is 11.9. The highest BCUT2D eigenvalue weighted by molar-refractivity contribution is 7.80. The van der Waals surface area contributed by atoms with Crippen LogP contribution in [0.5, 0.6) is 0 Å². The average Bonchev–Trinajstić information content (AvgIpc) is 2.75. The molecule has 0 aliphatic rings. The fraction of sp³-hybridized carbons (Fsp3) is 1.00. The Morgan fingerprint density at radius 3 is 1.00 bits per heavy atom. The molecule has 0 aromatic rings. The van der Waals surface area contributed by atoms with E-state index in [-0.39, 0.29) is 0 Å². The summed E-state index contributed by atoms with van der Waals surface area (Å²) < 4.78 is 31.1. The van der Waals surface area contributed by atoms with Crippen molar-refractivity contribution in [2.75, 3.05) is 33.8 Å². The SMILES string of the molecule is CCCCCCCC[N+](C)(CCCCCCCC)CCCCCCCC.COS(=O)(=O)O. The highest BCUT2D eigenvalue weighted by atomic mass is 32.3. The molecule has 0 amide bonds. The first-order valence-electron chi connectivity index (χ1n) is 13.6. The molecule has 0 heterocycles. The van der Waals surface area contributed by atoms with E-state index in [9.17, 15) is 8.42 Å². The van der Waals surface area contributed by atoms with Crippen molar-refractivity contribution in [1.29, 1.82) is 0 Å². The maximum atomic E-state index is 9.33. The van der Waals surface area contributed by atoms with Gasteiger partial charge in [0.15, 0.2) is 0 Å². The quantitative estimate of drug-likeness (QED) is 0.0969. The van der Waals surface area contributed by atoms with Gasteiger partial charge >= 0.3 is 10.4 Å². The van der Waals surface area contributed by atoms with Gasteiger partial charge < -0.3 is 4.48 Å². The van der Waals surface area contributed by atoms with Crippen molar-refractivity contribution in [3.63, 3.8) is 0 Å². The Labute approximate surface area is 202 Å². The summed E-state index contributed by atoms with van der Waals surface area (Å²) >= 11 is 0. The Kier molecular flexibility index (Phi) is 25.5. The van der Waals surface area contributed by atoms with Gasteiger partial charge in [0, 0.05) is 0 Å². The van der Waals surface area contributed by atoms with E-state index in [4.69, 9.17) is 4.55 Å². The summed E-state index contributed by atoms with van der Waals surface area (Å²) in [6, 6.07) is 0. The summed E-state index contributed by atoms with van der Waals surface area (Å²) in [4.78, 5) is 0. The summed E-state index contributed by atoms with van der Waals surface area (Å²) in [7, 11) is -0.732. The van der Waals surface area contributed by atoms with Crippen molar-refractivity contribution in [2.45, 2.75) is 136 Å². The molecule has 0 rings (SSSR count). The number of nitrogens with zero attached hydrogens (tertiary/aromatic N) is 1. The number of unbranched alkanes of at least 4 members (excludes halogenated alkanes) is 15. The van der Waals surface area contributed by atoms with Crippen LogP contribution >= 0.6 is 0 Å². The minimum atomic E-state index is -4.16. The monoisotopic (exact) mass is 480 g/mol. The van der Waals surface area contributed by atoms with Crippen LogP contribution in [0.15, 0.2) is 0 Å². The molecule has 0 saturated heterocycles. The Morgan fingerprint density at radius 2 is 0.781 bits per heavy atom. The Morgan fingerprint density at radius 1 is 0.562 bits per heavy atom. The van der Waals surface area contributed by atoms with E-state index in [1.165, 1.54) is 140 Å². The van der Waals surface area contributed by atoms with Gasteiger partial charge in [-0.2, -0.15) is 8.42 Å². The van der Waals surface area contributed by atoms with Crippen LogP contribution in [0.4, 0.5) is 0 Å². The predicted molar refractivity (Wildman–Crippen MR) is 139 cm³/mol. The lowest BCUT2D eigenvalue weighted by atomic mass is 10.1. The van der Waals surface area contributed by atoms with Crippen molar-refractivity contribution in [1.82, 2.24) is 0 Å². The predicted octanol–water partition coefficient (Wildman–Crippen LogP) is 7.95. The van der Waals surface area contributed by atoms with E-state index < -0.39 is 10.4 Å². The van der Waals surface area contributed by atoms with Crippen LogP contribution in [0.25, 0.3) is 0 Å². The number of quaternary nitrogens is 1. The van der Waals surface area contributed by atoms with Crippen LogP contribution < -0.4 is 0 Å². The van der Waals surface area contributed by atoms with Crippen LogP contribution in [0.1, 0.15) is 136 Å². The van der Waals surface area contributed by atoms with Crippen LogP contribution in [0.2, 0.25) is 0 Å². The summed E-state index contributed by atoms with van der Waals surface area (Å²) in [5, 5.41) is 0. The van der Waals surface area contributed by atoms with Gasteiger partial charge in [0.1, 0.15) is 0 Å². The van der Waals surface area contributed by atoms with Crippen molar-refractivity contribution in [2.24, 2.45) is 0 Å². The molecule has 0 unspecified atom stereocenters. The fourth-order valence-corrected chi connectivity index (χ4v) is 4.16. The summed E-state index contributed by atoms with van der Waals surface area (Å²) in [6.45, 7) is 11.2. The second-order valence-corrected chi connectivity index (χ2v) is 10.9. The van der Waals surface area contributed by atoms with Gasteiger partial charge in [0.05, 0.1) is 33.8 Å². The molecule has 1 N–H and O–H groups in total. The molecular weight excluding hydrogens is 422 g/mol. The zero-order valence-electron chi connectivity index (χ0n) is 22.4. The molecule has 0 fully saturated rings. The maximum absolute atomic E-state index is 9.33. The van der Waals surface area contributed by atoms with Crippen LogP contribution in [-0.4, -0.2) is 51.2 Å². The van der Waals surface area contributed by atoms with Crippen LogP contribution in [0.3, 0.4) is 0 Å². The van der Waals surface area contributed by atoms with Gasteiger partial charge in [-0.05, 0) is 38.5 Å². The first kappa shape index (κ1) is 34.0. The molecule has 5 nitrogen and oxygen atoms in total. The van der Waals surface area contributed by atoms with Gasteiger partial charge in [-0.15, -0.1) is 0 Å². The van der Waals surface area contributed by atoms with Crippen molar-refractivity contribution >= 4 is 10.4 Å². The Hall–Kier alpha value is -0.170. The molecule has 0 aromatic heterocycles. The zero-order chi connectivity index (χ0) is 24.6. The third-order valence-electron chi connectivity index (χ3n) is 6.37. The first-order valence-corrected chi connectivity index (χ1v) is 15.0. The van der Waals surface area contributed by atoms with E-state index in [0.717, 1.165) is 7.11 Å². The molecule has 0 atom stereocenters. The van der Waals surface area contributed by atoms with E-state index in [0.29, 0.717) is 0 Å². The van der Waals surface area contributed by atoms with Crippen molar-refractivity contribution in [3.05, 3.63) is 0 Å². The molecule has 0 aliphatic heterocycles. The fourth-order valence-electron chi connectivity index (χ4n) is 4.16. The Balaban J connectivity index is 0. The summed E-state index contributed by atoms with van der Waals surface area (Å²) in [5.41, 5.74) is 0. The van der Waals surface area contributed by atoms with Crippen molar-refractivity contribution in [3.8, 4) is 0 Å². The molecule has 0 spiro atoms. The minimum Gasteiger partial charge on any atom is -0.326 e. The molecular formula is C26H58NO4S+. The van der Waals surface area contributed by atoms with Gasteiger partial charge in [0.25, 0.3) is 0 Å². The largest absolute Gasteiger partial charge is 0.397 e. The molecule has 196 valence electrons. The number of rotatable bonds is 22. The average molecular weight is 481 g/mol. The van der Waals surface area contributed by atoms with E-state index in [2.05, 4.69) is 32.0 Å². The van der Waals surface area contributed by atoms with Gasteiger partial charge in [-0.25, -0.2) is 0 Å². The smallest absolute Gasteiger partial charge is 0.326 e. The van der Waals surface area contributed by atoms with E-state index in [1.54, 1.807) is 0 Å². The second kappa shape index (κ2) is 24.0. The number of hydrogen-bond donors (Lipinski definition) is 1. The topological polar surface area (TPSA) is 63.6 Å². The second-order valence-electron chi connectivity index (χ2n) is 9.69. The molecule has 6 heteroatoms. The summed E-state index contributed by atoms with van der Waals surface area (Å²) in [6.07, 6.45) is 25.9. The molecule has 32 heavy (non-hydrogen) atoms. The maximum Gasteiger partial charge on any atom is 0.397 e. The molecule has 0 radical (unpaired) electrons. The lowest BCUT2D eigenvalue weighted by Gasteiger charge is -2.35. The Bertz CT molecular complexity index is 428. The highest BCUT2D eigenvalue weighted by Crippen LogP contribution is 2.16. The van der Waals surface area contributed by atoms with Gasteiger partial charge in [-0.1, -0.05) is 97.8 Å². The van der Waals surface area contributed by atoms with Gasteiger partial charge in [0.2, 0.25) is 0 Å². The van der Waals surface area contributed by atoms with Gasteiger partial charge in [-0.3, -0.25) is 8.74 Å². The number of hydrogen-bond acceptors (Lipinski definition) is 3. The molecule has 0 aromatic carbocycles. The molecule has 0 bridgehead atoms. The minimum absolute atomic E-state index is 0.870. The molecule has 0 aliphatic carbocycles. The van der Waals surface area contributed by atoms with E-state index >= 15 is 0 Å². The molecule has 0 saturated carbocycles. The third-order valence-corrected chi connectivity index (χ3v) is 6.79. The lowest BCUT2D eigenvalue weighted by molar-refractivity contribution is -0.910. The van der Waals surface area contributed by atoms with Crippen LogP contribution in [0, 0.1) is 0 Å². The third kappa shape index (κ3) is 27.9.